The van der Waals surface area contributed by atoms with Crippen molar-refractivity contribution in [2.24, 2.45) is 0 Å². The highest BCUT2D eigenvalue weighted by Crippen LogP contribution is 2.12. The van der Waals surface area contributed by atoms with Gasteiger partial charge in [-0.25, -0.2) is 17.6 Å². The van der Waals surface area contributed by atoms with Crippen LogP contribution in [0.25, 0.3) is 0 Å². The lowest BCUT2D eigenvalue weighted by Crippen LogP contribution is -2.38. The number of alkyl halides is 2. The number of amides is 1. The Bertz CT molecular complexity index is 437. The molecule has 0 aliphatic heterocycles. The standard InChI is InChI=1S/C12H14F4N2O2/c13-8-3-9(14)5-10(4-8)17-12(20)7-18(1-2-19)6-11(15)16/h3-5,11,19H,1-2,6-7H2,(H,17,20). The van der Waals surface area contributed by atoms with Crippen LogP contribution in [0.1, 0.15) is 0 Å². The first-order valence-electron chi connectivity index (χ1n) is 5.78. The van der Waals surface area contributed by atoms with E-state index in [0.717, 1.165) is 17.0 Å². The third-order valence-corrected chi connectivity index (χ3v) is 2.33. The largest absolute Gasteiger partial charge is 0.395 e. The number of anilines is 1. The van der Waals surface area contributed by atoms with Gasteiger partial charge in [0.2, 0.25) is 5.91 Å². The molecule has 0 radical (unpaired) electrons. The van der Waals surface area contributed by atoms with E-state index in [-0.39, 0.29) is 18.8 Å². The van der Waals surface area contributed by atoms with Crippen molar-refractivity contribution in [1.29, 1.82) is 0 Å². The van der Waals surface area contributed by atoms with Gasteiger partial charge in [0.15, 0.2) is 0 Å². The van der Waals surface area contributed by atoms with E-state index in [0.29, 0.717) is 6.07 Å². The van der Waals surface area contributed by atoms with E-state index in [1.54, 1.807) is 0 Å². The molecule has 0 aromatic heterocycles. The lowest BCUT2D eigenvalue weighted by molar-refractivity contribution is -0.117. The van der Waals surface area contributed by atoms with Crippen LogP contribution in [0.2, 0.25) is 0 Å². The van der Waals surface area contributed by atoms with E-state index in [1.807, 2.05) is 0 Å². The highest BCUT2D eigenvalue weighted by Gasteiger charge is 2.15. The minimum absolute atomic E-state index is 0.102. The number of carbonyl (C=O) groups excluding carboxylic acids is 1. The van der Waals surface area contributed by atoms with Crippen molar-refractivity contribution in [3.05, 3.63) is 29.8 Å². The molecule has 1 aromatic carbocycles. The lowest BCUT2D eigenvalue weighted by atomic mass is 10.3. The molecule has 1 rings (SSSR count). The predicted molar refractivity (Wildman–Crippen MR) is 64.5 cm³/mol. The Hall–Kier alpha value is -1.67. The van der Waals surface area contributed by atoms with Crippen LogP contribution in [-0.2, 0) is 4.79 Å². The Kier molecular flexibility index (Phi) is 6.40. The molecule has 8 heteroatoms. The van der Waals surface area contributed by atoms with Gasteiger partial charge < -0.3 is 10.4 Å². The Morgan fingerprint density at radius 3 is 2.35 bits per heavy atom. The molecule has 0 bridgehead atoms. The SMILES string of the molecule is O=C(CN(CCO)CC(F)F)Nc1cc(F)cc(F)c1. The summed E-state index contributed by atoms with van der Waals surface area (Å²) >= 11 is 0. The number of benzene rings is 1. The van der Waals surface area contributed by atoms with Gasteiger partial charge in [0, 0.05) is 18.3 Å². The fraction of sp³-hybridized carbons (Fsp3) is 0.417. The Morgan fingerprint density at radius 1 is 1.25 bits per heavy atom. The second-order valence-corrected chi connectivity index (χ2v) is 4.06. The first-order chi connectivity index (χ1) is 9.40. The summed E-state index contributed by atoms with van der Waals surface area (Å²) in [7, 11) is 0. The minimum Gasteiger partial charge on any atom is -0.395 e. The smallest absolute Gasteiger partial charge is 0.251 e. The molecule has 0 saturated heterocycles. The van der Waals surface area contributed by atoms with Gasteiger partial charge in [0.1, 0.15) is 11.6 Å². The first kappa shape index (κ1) is 16.4. The van der Waals surface area contributed by atoms with E-state index < -0.39 is 37.1 Å². The van der Waals surface area contributed by atoms with Gasteiger partial charge in [0.25, 0.3) is 6.43 Å². The number of hydrogen-bond donors (Lipinski definition) is 2. The molecular formula is C12H14F4N2O2. The molecule has 0 aliphatic rings. The van der Waals surface area contributed by atoms with Gasteiger partial charge in [-0.3, -0.25) is 9.69 Å². The number of rotatable bonds is 7. The van der Waals surface area contributed by atoms with Crippen LogP contribution in [-0.4, -0.2) is 48.6 Å². The molecule has 20 heavy (non-hydrogen) atoms. The predicted octanol–water partition coefficient (Wildman–Crippen LogP) is 1.46. The van der Waals surface area contributed by atoms with Gasteiger partial charge in [0.05, 0.1) is 19.7 Å². The van der Waals surface area contributed by atoms with Crippen molar-refractivity contribution in [3.63, 3.8) is 0 Å². The van der Waals surface area contributed by atoms with Crippen LogP contribution in [0.5, 0.6) is 0 Å². The maximum atomic E-state index is 12.9. The van der Waals surface area contributed by atoms with E-state index >= 15 is 0 Å². The fourth-order valence-corrected chi connectivity index (χ4v) is 1.60. The third kappa shape index (κ3) is 5.98. The Morgan fingerprint density at radius 2 is 1.85 bits per heavy atom. The number of nitrogens with zero attached hydrogens (tertiary/aromatic N) is 1. The number of aliphatic hydroxyl groups is 1. The van der Waals surface area contributed by atoms with Crippen LogP contribution in [0.15, 0.2) is 18.2 Å². The molecule has 4 nitrogen and oxygen atoms in total. The van der Waals surface area contributed by atoms with Crippen molar-refractivity contribution >= 4 is 11.6 Å². The average Bonchev–Trinajstić information content (AvgIpc) is 2.26. The Balaban J connectivity index is 2.60. The highest BCUT2D eigenvalue weighted by atomic mass is 19.3. The molecule has 0 atom stereocenters. The van der Waals surface area contributed by atoms with Crippen LogP contribution >= 0.6 is 0 Å². The topological polar surface area (TPSA) is 52.6 Å². The van der Waals surface area contributed by atoms with E-state index in [1.165, 1.54) is 0 Å². The third-order valence-electron chi connectivity index (χ3n) is 2.33. The van der Waals surface area contributed by atoms with E-state index in [2.05, 4.69) is 5.32 Å². The number of nitrogens with one attached hydrogen (secondary N) is 1. The maximum Gasteiger partial charge on any atom is 0.251 e. The summed E-state index contributed by atoms with van der Waals surface area (Å²) in [5, 5.41) is 10.9. The molecule has 112 valence electrons. The molecule has 0 fully saturated rings. The van der Waals surface area contributed by atoms with Gasteiger partial charge in [-0.15, -0.1) is 0 Å². The summed E-state index contributed by atoms with van der Waals surface area (Å²) in [5.74, 6) is -2.43. The second kappa shape index (κ2) is 7.81. The van der Waals surface area contributed by atoms with Crippen molar-refractivity contribution < 1.29 is 27.5 Å². The number of carbonyl (C=O) groups is 1. The lowest BCUT2D eigenvalue weighted by Gasteiger charge is -2.20. The molecule has 0 unspecified atom stereocenters. The highest BCUT2D eigenvalue weighted by molar-refractivity contribution is 5.92. The van der Waals surface area contributed by atoms with Crippen molar-refractivity contribution in [1.82, 2.24) is 4.90 Å². The molecule has 0 saturated carbocycles. The summed E-state index contributed by atoms with van der Waals surface area (Å²) in [4.78, 5) is 12.6. The zero-order valence-electron chi connectivity index (χ0n) is 10.5. The summed E-state index contributed by atoms with van der Waals surface area (Å²) in [6, 6.07) is 2.46. The van der Waals surface area contributed by atoms with Crippen molar-refractivity contribution in [3.8, 4) is 0 Å². The molecule has 0 aliphatic carbocycles. The summed E-state index contributed by atoms with van der Waals surface area (Å²) in [6.45, 7) is -1.57. The summed E-state index contributed by atoms with van der Waals surface area (Å²) in [6.07, 6.45) is -2.65. The van der Waals surface area contributed by atoms with Crippen LogP contribution in [0, 0.1) is 11.6 Å². The Labute approximate surface area is 113 Å². The van der Waals surface area contributed by atoms with Crippen LogP contribution in [0.3, 0.4) is 0 Å². The molecule has 0 spiro atoms. The number of aliphatic hydroxyl groups excluding tert-OH is 1. The normalized spacial score (nSPS) is 11.2. The van der Waals surface area contributed by atoms with Gasteiger partial charge >= 0.3 is 0 Å². The van der Waals surface area contributed by atoms with Gasteiger partial charge in [-0.05, 0) is 12.1 Å². The summed E-state index contributed by atoms with van der Waals surface area (Å²) in [5.41, 5.74) is -0.103. The molecule has 2 N–H and O–H groups in total. The minimum atomic E-state index is -2.65. The van der Waals surface area contributed by atoms with Crippen molar-refractivity contribution in [2.75, 3.05) is 31.6 Å². The van der Waals surface area contributed by atoms with E-state index in [9.17, 15) is 22.4 Å². The fourth-order valence-electron chi connectivity index (χ4n) is 1.60. The monoisotopic (exact) mass is 294 g/mol. The van der Waals surface area contributed by atoms with Crippen LogP contribution < -0.4 is 5.32 Å². The summed E-state index contributed by atoms with van der Waals surface area (Å²) < 4.78 is 50.3. The zero-order chi connectivity index (χ0) is 15.1. The average molecular weight is 294 g/mol. The first-order valence-corrected chi connectivity index (χ1v) is 5.78. The quantitative estimate of drug-likeness (QED) is 0.749. The molecular weight excluding hydrogens is 280 g/mol. The molecule has 1 aromatic rings. The van der Waals surface area contributed by atoms with Gasteiger partial charge in [-0.2, -0.15) is 0 Å². The maximum absolute atomic E-state index is 12.9. The number of halogens is 4. The molecule has 0 heterocycles. The number of hydrogen-bond acceptors (Lipinski definition) is 3. The van der Waals surface area contributed by atoms with E-state index in [4.69, 9.17) is 5.11 Å². The van der Waals surface area contributed by atoms with Crippen molar-refractivity contribution in [2.45, 2.75) is 6.43 Å². The second-order valence-electron chi connectivity index (χ2n) is 4.06. The zero-order valence-corrected chi connectivity index (χ0v) is 10.5. The molecule has 1 amide bonds. The van der Waals surface area contributed by atoms with Gasteiger partial charge in [-0.1, -0.05) is 0 Å². The van der Waals surface area contributed by atoms with Crippen LogP contribution in [0.4, 0.5) is 23.2 Å².